The topological polar surface area (TPSA) is 62.2 Å². The lowest BCUT2D eigenvalue weighted by atomic mass is 10.2. The van der Waals surface area contributed by atoms with Gasteiger partial charge in [-0.3, -0.25) is 14.3 Å². The van der Waals surface area contributed by atoms with Gasteiger partial charge in [0.25, 0.3) is 11.3 Å². The third-order valence-corrected chi connectivity index (χ3v) is 2.26. The van der Waals surface area contributed by atoms with Gasteiger partial charge in [0.05, 0.1) is 0 Å². The highest BCUT2D eigenvalue weighted by molar-refractivity contribution is 7.80. The summed E-state index contributed by atoms with van der Waals surface area (Å²) in [6.07, 6.45) is 3.42. The van der Waals surface area contributed by atoms with Crippen molar-refractivity contribution in [3.63, 3.8) is 0 Å². The van der Waals surface area contributed by atoms with E-state index in [4.69, 9.17) is 4.55 Å². The number of nitrogens with zero attached hydrogens (tertiary/aromatic N) is 1. The molecule has 0 saturated heterocycles. The second kappa shape index (κ2) is 3.73. The SMILES string of the molecule is O=S(O)Nc1ccc2ccncc2c1. The van der Waals surface area contributed by atoms with E-state index in [1.54, 1.807) is 24.5 Å². The molecule has 0 bridgehead atoms. The number of fused-ring (bicyclic) bond motifs is 1. The van der Waals surface area contributed by atoms with Crippen molar-refractivity contribution in [3.8, 4) is 0 Å². The molecule has 2 N–H and O–H groups in total. The van der Waals surface area contributed by atoms with Gasteiger partial charge in [-0.05, 0) is 23.6 Å². The quantitative estimate of drug-likeness (QED) is 0.739. The number of hydrogen-bond donors (Lipinski definition) is 2. The number of nitrogens with one attached hydrogen (secondary N) is 1. The summed E-state index contributed by atoms with van der Waals surface area (Å²) in [5, 5.41) is 1.98. The number of benzene rings is 1. The van der Waals surface area contributed by atoms with Crippen LogP contribution in [0.3, 0.4) is 0 Å². The number of hydrogen-bond acceptors (Lipinski definition) is 2. The highest BCUT2D eigenvalue weighted by Crippen LogP contribution is 2.17. The summed E-state index contributed by atoms with van der Waals surface area (Å²) in [4.78, 5) is 3.97. The maximum absolute atomic E-state index is 10.5. The first-order chi connectivity index (χ1) is 6.75. The summed E-state index contributed by atoms with van der Waals surface area (Å²) in [5.41, 5.74) is 0.603. The van der Waals surface area contributed by atoms with E-state index in [9.17, 15) is 4.21 Å². The Morgan fingerprint density at radius 2 is 2.14 bits per heavy atom. The maximum Gasteiger partial charge on any atom is 0.259 e. The average Bonchev–Trinajstić information content (AvgIpc) is 2.17. The lowest BCUT2D eigenvalue weighted by Crippen LogP contribution is -2.01. The number of rotatable bonds is 2. The summed E-state index contributed by atoms with van der Waals surface area (Å²) >= 11 is -2.03. The molecule has 4 nitrogen and oxygen atoms in total. The molecule has 0 aliphatic rings. The zero-order valence-corrected chi connectivity index (χ0v) is 7.99. The molecule has 0 fully saturated rings. The van der Waals surface area contributed by atoms with E-state index in [2.05, 4.69) is 9.71 Å². The van der Waals surface area contributed by atoms with Crippen molar-refractivity contribution in [1.82, 2.24) is 4.98 Å². The maximum atomic E-state index is 10.5. The zero-order chi connectivity index (χ0) is 9.97. The van der Waals surface area contributed by atoms with Crippen molar-refractivity contribution in [2.75, 3.05) is 4.72 Å². The van der Waals surface area contributed by atoms with Gasteiger partial charge in [-0.1, -0.05) is 6.07 Å². The second-order valence-electron chi connectivity index (χ2n) is 2.79. The molecule has 0 spiro atoms. The normalized spacial score (nSPS) is 12.6. The first-order valence-corrected chi connectivity index (χ1v) is 5.08. The van der Waals surface area contributed by atoms with Crippen LogP contribution in [0, 0.1) is 0 Å². The van der Waals surface area contributed by atoms with Crippen molar-refractivity contribution < 1.29 is 8.76 Å². The second-order valence-corrected chi connectivity index (χ2v) is 3.49. The molecule has 0 saturated carbocycles. The van der Waals surface area contributed by atoms with Crippen molar-refractivity contribution in [2.24, 2.45) is 0 Å². The fraction of sp³-hybridized carbons (Fsp3) is 0. The van der Waals surface area contributed by atoms with Crippen LogP contribution in [0.5, 0.6) is 0 Å². The molecule has 2 rings (SSSR count). The molecule has 0 amide bonds. The molecule has 14 heavy (non-hydrogen) atoms. The van der Waals surface area contributed by atoms with E-state index >= 15 is 0 Å². The minimum atomic E-state index is -2.03. The summed E-state index contributed by atoms with van der Waals surface area (Å²) in [6.45, 7) is 0. The highest BCUT2D eigenvalue weighted by atomic mass is 32.2. The molecule has 1 aromatic carbocycles. The molecular weight excluding hydrogens is 200 g/mol. The molecule has 1 aromatic heterocycles. The Balaban J connectivity index is 2.46. The van der Waals surface area contributed by atoms with E-state index in [-0.39, 0.29) is 0 Å². The van der Waals surface area contributed by atoms with Crippen molar-refractivity contribution >= 4 is 27.7 Å². The van der Waals surface area contributed by atoms with Crippen molar-refractivity contribution in [2.45, 2.75) is 0 Å². The Labute approximate surface area is 83.4 Å². The van der Waals surface area contributed by atoms with Crippen molar-refractivity contribution in [3.05, 3.63) is 36.7 Å². The van der Waals surface area contributed by atoms with Gasteiger partial charge in [-0.2, -0.15) is 0 Å². The lowest BCUT2D eigenvalue weighted by Gasteiger charge is -2.02. The molecule has 0 aliphatic carbocycles. The smallest absolute Gasteiger partial charge is 0.259 e. The van der Waals surface area contributed by atoms with Gasteiger partial charge in [0, 0.05) is 23.5 Å². The zero-order valence-electron chi connectivity index (χ0n) is 7.18. The van der Waals surface area contributed by atoms with Gasteiger partial charge in [-0.15, -0.1) is 0 Å². The Morgan fingerprint density at radius 1 is 1.29 bits per heavy atom. The van der Waals surface area contributed by atoms with E-state index in [1.807, 2.05) is 12.1 Å². The summed E-state index contributed by atoms with van der Waals surface area (Å²) < 4.78 is 21.5. The first-order valence-electron chi connectivity index (χ1n) is 3.97. The van der Waals surface area contributed by atoms with Crippen molar-refractivity contribution in [1.29, 1.82) is 0 Å². The first kappa shape index (κ1) is 9.11. The van der Waals surface area contributed by atoms with Crippen LogP contribution in [0.25, 0.3) is 10.8 Å². The average molecular weight is 208 g/mol. The largest absolute Gasteiger partial charge is 0.289 e. The van der Waals surface area contributed by atoms with Crippen LogP contribution in [0.2, 0.25) is 0 Å². The lowest BCUT2D eigenvalue weighted by molar-refractivity contribution is 0.570. The molecule has 2 aromatic rings. The predicted molar refractivity (Wildman–Crippen MR) is 56.1 cm³/mol. The Morgan fingerprint density at radius 3 is 2.93 bits per heavy atom. The molecule has 1 unspecified atom stereocenters. The van der Waals surface area contributed by atoms with E-state index < -0.39 is 11.3 Å². The minimum absolute atomic E-state index is 0.603. The Kier molecular flexibility index (Phi) is 2.43. The van der Waals surface area contributed by atoms with Crippen LogP contribution in [-0.4, -0.2) is 13.7 Å². The van der Waals surface area contributed by atoms with Gasteiger partial charge in [0.15, 0.2) is 0 Å². The van der Waals surface area contributed by atoms with Crippen LogP contribution < -0.4 is 4.72 Å². The Hall–Kier alpha value is -1.46. The van der Waals surface area contributed by atoms with Crippen LogP contribution in [0.1, 0.15) is 0 Å². The molecule has 0 radical (unpaired) electrons. The number of anilines is 1. The summed E-state index contributed by atoms with van der Waals surface area (Å²) in [7, 11) is 0. The molecule has 72 valence electrons. The fourth-order valence-corrected chi connectivity index (χ4v) is 1.58. The highest BCUT2D eigenvalue weighted by Gasteiger charge is 1.97. The van der Waals surface area contributed by atoms with Crippen LogP contribution in [0.4, 0.5) is 5.69 Å². The van der Waals surface area contributed by atoms with Gasteiger partial charge in [0.2, 0.25) is 0 Å². The van der Waals surface area contributed by atoms with Crippen LogP contribution >= 0.6 is 0 Å². The summed E-state index contributed by atoms with van der Waals surface area (Å²) in [5.74, 6) is 0. The van der Waals surface area contributed by atoms with Gasteiger partial charge in [0.1, 0.15) is 0 Å². The third kappa shape index (κ3) is 1.89. The van der Waals surface area contributed by atoms with Crippen LogP contribution in [-0.2, 0) is 11.3 Å². The molecular formula is C9H8N2O2S. The Bertz CT molecular complexity index is 487. The van der Waals surface area contributed by atoms with E-state index in [0.717, 1.165) is 10.8 Å². The standard InChI is InChI=1S/C9H8N2O2S/c12-14(13)11-9-2-1-7-3-4-10-6-8(7)5-9/h1-6,11H,(H,12,13). The molecule has 1 atom stereocenters. The number of aromatic nitrogens is 1. The van der Waals surface area contributed by atoms with Gasteiger partial charge in [-0.25, -0.2) is 4.21 Å². The van der Waals surface area contributed by atoms with Gasteiger partial charge < -0.3 is 0 Å². The van der Waals surface area contributed by atoms with E-state index in [1.165, 1.54) is 0 Å². The van der Waals surface area contributed by atoms with Gasteiger partial charge >= 0.3 is 0 Å². The molecule has 0 aliphatic heterocycles. The summed E-state index contributed by atoms with van der Waals surface area (Å²) in [6, 6.07) is 7.27. The number of pyridine rings is 1. The molecule has 1 heterocycles. The van der Waals surface area contributed by atoms with E-state index in [0.29, 0.717) is 5.69 Å². The minimum Gasteiger partial charge on any atom is -0.289 e. The monoisotopic (exact) mass is 208 g/mol. The van der Waals surface area contributed by atoms with Crippen LogP contribution in [0.15, 0.2) is 36.7 Å². The fourth-order valence-electron chi connectivity index (χ4n) is 1.25. The third-order valence-electron chi connectivity index (χ3n) is 1.85. The predicted octanol–water partition coefficient (Wildman–Crippen LogP) is 1.78. The molecule has 5 heteroatoms.